The molecule has 1 aromatic heterocycles. The molecule has 0 aliphatic carbocycles. The third-order valence-corrected chi connectivity index (χ3v) is 5.67. The number of nitrogens with one attached hydrogen (secondary N) is 1. The van der Waals surface area contributed by atoms with Gasteiger partial charge in [0.25, 0.3) is 0 Å². The molecule has 1 amide bonds. The molecule has 1 aliphatic rings. The minimum atomic E-state index is -0.406. The average molecular weight is 355 g/mol. The second-order valence-corrected chi connectivity index (χ2v) is 7.41. The number of amides is 1. The molecule has 1 aliphatic heterocycles. The molecule has 5 nitrogen and oxygen atoms in total. The van der Waals surface area contributed by atoms with Crippen LogP contribution < -0.4 is 5.32 Å². The highest BCUT2D eigenvalue weighted by molar-refractivity contribution is 5.88. The summed E-state index contributed by atoms with van der Waals surface area (Å²) in [5.74, 6) is 1.04. The number of rotatable bonds is 6. The summed E-state index contributed by atoms with van der Waals surface area (Å²) in [5, 5.41) is 7.19. The molecule has 1 aromatic carbocycles. The van der Waals surface area contributed by atoms with E-state index in [2.05, 4.69) is 34.6 Å². The summed E-state index contributed by atoms with van der Waals surface area (Å²) in [7, 11) is 2.12. The first-order valence-electron chi connectivity index (χ1n) is 9.47. The second-order valence-electron chi connectivity index (χ2n) is 7.41. The standard InChI is InChI=1S/C21H29N3O2/c1-16-19(17(2)26-23-16)10-7-13-22-20(25)21(11-14-24(3)15-12-21)18-8-5-4-6-9-18/h4-6,8-9H,7,10-15H2,1-3H3,(H,22,25). The van der Waals surface area contributed by atoms with Crippen molar-refractivity contribution in [2.24, 2.45) is 0 Å². The van der Waals surface area contributed by atoms with Gasteiger partial charge in [0.15, 0.2) is 0 Å². The number of aromatic nitrogens is 1. The quantitative estimate of drug-likeness (QED) is 0.809. The Bertz CT molecular complexity index is 711. The topological polar surface area (TPSA) is 58.4 Å². The SMILES string of the molecule is Cc1noc(C)c1CCCNC(=O)C1(c2ccccc2)CCN(C)CC1. The minimum absolute atomic E-state index is 0.163. The van der Waals surface area contributed by atoms with E-state index in [1.54, 1.807) is 0 Å². The Kier molecular flexibility index (Phi) is 5.77. The van der Waals surface area contributed by atoms with Crippen LogP contribution >= 0.6 is 0 Å². The molecule has 0 atom stereocenters. The number of hydrogen-bond acceptors (Lipinski definition) is 4. The summed E-state index contributed by atoms with van der Waals surface area (Å²) in [6.07, 6.45) is 3.49. The van der Waals surface area contributed by atoms with Crippen LogP contribution in [0.2, 0.25) is 0 Å². The lowest BCUT2D eigenvalue weighted by molar-refractivity contribution is -0.128. The molecule has 2 aromatic rings. The van der Waals surface area contributed by atoms with Crippen molar-refractivity contribution in [2.75, 3.05) is 26.7 Å². The zero-order chi connectivity index (χ0) is 18.6. The third kappa shape index (κ3) is 3.83. The number of benzene rings is 1. The molecule has 0 spiro atoms. The van der Waals surface area contributed by atoms with E-state index in [-0.39, 0.29) is 5.91 Å². The summed E-state index contributed by atoms with van der Waals surface area (Å²) < 4.78 is 5.21. The molecule has 0 radical (unpaired) electrons. The van der Waals surface area contributed by atoms with Crippen molar-refractivity contribution >= 4 is 5.91 Å². The van der Waals surface area contributed by atoms with E-state index in [0.29, 0.717) is 6.54 Å². The number of piperidine rings is 1. The molecule has 26 heavy (non-hydrogen) atoms. The van der Waals surface area contributed by atoms with E-state index in [9.17, 15) is 4.79 Å². The van der Waals surface area contributed by atoms with Gasteiger partial charge in [-0.2, -0.15) is 0 Å². The summed E-state index contributed by atoms with van der Waals surface area (Å²) in [6.45, 7) is 6.47. The van der Waals surface area contributed by atoms with E-state index in [0.717, 1.165) is 61.4 Å². The average Bonchev–Trinajstić information content (AvgIpc) is 2.98. The highest BCUT2D eigenvalue weighted by atomic mass is 16.5. The fourth-order valence-electron chi connectivity index (χ4n) is 3.90. The summed E-state index contributed by atoms with van der Waals surface area (Å²) in [6, 6.07) is 10.2. The first-order chi connectivity index (χ1) is 12.5. The van der Waals surface area contributed by atoms with Crippen LogP contribution in [0.3, 0.4) is 0 Å². The van der Waals surface area contributed by atoms with Crippen LogP contribution in [0.4, 0.5) is 0 Å². The fraction of sp³-hybridized carbons (Fsp3) is 0.524. The highest BCUT2D eigenvalue weighted by Gasteiger charge is 2.41. The maximum Gasteiger partial charge on any atom is 0.230 e. The van der Waals surface area contributed by atoms with Crippen molar-refractivity contribution < 1.29 is 9.32 Å². The first-order valence-corrected chi connectivity index (χ1v) is 9.47. The van der Waals surface area contributed by atoms with Gasteiger partial charge in [0.05, 0.1) is 11.1 Å². The number of carbonyl (C=O) groups is 1. The van der Waals surface area contributed by atoms with Gasteiger partial charge in [-0.25, -0.2) is 0 Å². The predicted octanol–water partition coefficient (Wildman–Crippen LogP) is 3.00. The van der Waals surface area contributed by atoms with E-state index in [4.69, 9.17) is 4.52 Å². The molecule has 5 heteroatoms. The number of likely N-dealkylation sites (tertiary alicyclic amines) is 1. The van der Waals surface area contributed by atoms with Gasteiger partial charge in [-0.15, -0.1) is 0 Å². The smallest absolute Gasteiger partial charge is 0.230 e. The molecular weight excluding hydrogens is 326 g/mol. The van der Waals surface area contributed by atoms with Gasteiger partial charge in [0, 0.05) is 12.1 Å². The lowest BCUT2D eigenvalue weighted by Crippen LogP contribution is -2.51. The Labute approximate surface area is 155 Å². The number of hydrogen-bond donors (Lipinski definition) is 1. The van der Waals surface area contributed by atoms with Crippen LogP contribution in [0.5, 0.6) is 0 Å². The number of nitrogens with zero attached hydrogens (tertiary/aromatic N) is 2. The molecule has 0 bridgehead atoms. The van der Waals surface area contributed by atoms with Crippen molar-refractivity contribution in [3.05, 3.63) is 52.9 Å². The van der Waals surface area contributed by atoms with Gasteiger partial charge < -0.3 is 14.7 Å². The minimum Gasteiger partial charge on any atom is -0.361 e. The van der Waals surface area contributed by atoms with Gasteiger partial charge in [-0.1, -0.05) is 35.5 Å². The van der Waals surface area contributed by atoms with Crippen molar-refractivity contribution in [3.63, 3.8) is 0 Å². The van der Waals surface area contributed by atoms with Gasteiger partial charge in [0.1, 0.15) is 5.76 Å². The van der Waals surface area contributed by atoms with Crippen LogP contribution in [0.25, 0.3) is 0 Å². The number of aryl methyl sites for hydroxylation is 2. The maximum absolute atomic E-state index is 13.2. The van der Waals surface area contributed by atoms with Crippen molar-refractivity contribution in [1.29, 1.82) is 0 Å². The maximum atomic E-state index is 13.2. The number of carbonyl (C=O) groups excluding carboxylic acids is 1. The molecule has 2 heterocycles. The normalized spacial score (nSPS) is 17.2. The Balaban J connectivity index is 1.63. The molecular formula is C21H29N3O2. The van der Waals surface area contributed by atoms with E-state index in [1.165, 1.54) is 0 Å². The summed E-state index contributed by atoms with van der Waals surface area (Å²) in [4.78, 5) is 15.5. The zero-order valence-corrected chi connectivity index (χ0v) is 16.0. The molecule has 0 unspecified atom stereocenters. The Morgan fingerprint density at radius 3 is 2.54 bits per heavy atom. The van der Waals surface area contributed by atoms with Crippen molar-refractivity contribution in [2.45, 2.75) is 44.9 Å². The van der Waals surface area contributed by atoms with Gasteiger partial charge in [-0.05, 0) is 65.2 Å². The molecule has 1 fully saturated rings. The third-order valence-electron chi connectivity index (χ3n) is 5.67. The highest BCUT2D eigenvalue weighted by Crippen LogP contribution is 2.35. The fourth-order valence-corrected chi connectivity index (χ4v) is 3.90. The molecule has 0 saturated carbocycles. The van der Waals surface area contributed by atoms with Crippen LogP contribution in [0.1, 0.15) is 41.8 Å². The van der Waals surface area contributed by atoms with E-state index < -0.39 is 5.41 Å². The molecule has 140 valence electrons. The molecule has 1 N–H and O–H groups in total. The van der Waals surface area contributed by atoms with Crippen LogP contribution in [0.15, 0.2) is 34.9 Å². The van der Waals surface area contributed by atoms with Crippen molar-refractivity contribution in [3.8, 4) is 0 Å². The van der Waals surface area contributed by atoms with Gasteiger partial charge in [-0.3, -0.25) is 4.79 Å². The monoisotopic (exact) mass is 355 g/mol. The van der Waals surface area contributed by atoms with Gasteiger partial charge in [0.2, 0.25) is 5.91 Å². The van der Waals surface area contributed by atoms with Gasteiger partial charge >= 0.3 is 0 Å². The summed E-state index contributed by atoms with van der Waals surface area (Å²) in [5.41, 5.74) is 2.84. The Hall–Kier alpha value is -2.14. The summed E-state index contributed by atoms with van der Waals surface area (Å²) >= 11 is 0. The zero-order valence-electron chi connectivity index (χ0n) is 16.0. The lowest BCUT2D eigenvalue weighted by Gasteiger charge is -2.39. The largest absolute Gasteiger partial charge is 0.361 e. The Morgan fingerprint density at radius 1 is 1.23 bits per heavy atom. The molecule has 3 rings (SSSR count). The predicted molar refractivity (Wildman–Crippen MR) is 102 cm³/mol. The lowest BCUT2D eigenvalue weighted by atomic mass is 9.72. The van der Waals surface area contributed by atoms with Crippen LogP contribution in [-0.4, -0.2) is 42.6 Å². The van der Waals surface area contributed by atoms with Crippen LogP contribution in [-0.2, 0) is 16.6 Å². The van der Waals surface area contributed by atoms with E-state index in [1.807, 2.05) is 32.0 Å². The Morgan fingerprint density at radius 2 is 1.92 bits per heavy atom. The first kappa shape index (κ1) is 18.6. The van der Waals surface area contributed by atoms with Crippen LogP contribution in [0, 0.1) is 13.8 Å². The molecule has 1 saturated heterocycles. The van der Waals surface area contributed by atoms with E-state index >= 15 is 0 Å². The van der Waals surface area contributed by atoms with Crippen molar-refractivity contribution in [1.82, 2.24) is 15.4 Å². The second kappa shape index (κ2) is 8.04.